The lowest BCUT2D eigenvalue weighted by atomic mass is 10.1. The van der Waals surface area contributed by atoms with Gasteiger partial charge in [0.25, 0.3) is 0 Å². The minimum atomic E-state index is 0.557. The summed E-state index contributed by atoms with van der Waals surface area (Å²) in [6.07, 6.45) is 0. The van der Waals surface area contributed by atoms with Crippen LogP contribution in [-0.4, -0.2) is 20.2 Å². The SMILES string of the molecule is C=C(CNC)COc1cc(C)c(Br)c(C)c1. The second-order valence-corrected chi connectivity index (χ2v) is 4.73. The van der Waals surface area contributed by atoms with Gasteiger partial charge in [0, 0.05) is 11.0 Å². The van der Waals surface area contributed by atoms with Gasteiger partial charge in [-0.15, -0.1) is 0 Å². The number of benzene rings is 1. The van der Waals surface area contributed by atoms with Crippen LogP contribution in [0.15, 0.2) is 28.8 Å². The number of nitrogens with one attached hydrogen (secondary N) is 1. The number of hydrogen-bond donors (Lipinski definition) is 1. The van der Waals surface area contributed by atoms with Crippen LogP contribution in [-0.2, 0) is 0 Å². The Kier molecular flexibility index (Phi) is 5.03. The van der Waals surface area contributed by atoms with Crippen molar-refractivity contribution in [2.24, 2.45) is 0 Å². The molecule has 0 fully saturated rings. The minimum Gasteiger partial charge on any atom is -0.489 e. The lowest BCUT2D eigenvalue weighted by Crippen LogP contribution is -2.14. The topological polar surface area (TPSA) is 21.3 Å². The van der Waals surface area contributed by atoms with Crippen molar-refractivity contribution in [3.8, 4) is 5.75 Å². The van der Waals surface area contributed by atoms with E-state index in [9.17, 15) is 0 Å². The third kappa shape index (κ3) is 3.65. The van der Waals surface area contributed by atoms with Crippen molar-refractivity contribution < 1.29 is 4.74 Å². The van der Waals surface area contributed by atoms with Crippen LogP contribution >= 0.6 is 15.9 Å². The van der Waals surface area contributed by atoms with E-state index >= 15 is 0 Å². The molecule has 0 amide bonds. The molecule has 0 heterocycles. The summed E-state index contributed by atoms with van der Waals surface area (Å²) >= 11 is 3.54. The van der Waals surface area contributed by atoms with Crippen LogP contribution in [0.5, 0.6) is 5.75 Å². The molecular formula is C13H18BrNO. The molecular weight excluding hydrogens is 266 g/mol. The van der Waals surface area contributed by atoms with Crippen LogP contribution in [0.2, 0.25) is 0 Å². The van der Waals surface area contributed by atoms with E-state index in [1.807, 2.05) is 19.2 Å². The summed E-state index contributed by atoms with van der Waals surface area (Å²) in [5.74, 6) is 0.899. The van der Waals surface area contributed by atoms with Crippen molar-refractivity contribution in [1.29, 1.82) is 0 Å². The fraction of sp³-hybridized carbons (Fsp3) is 0.385. The Morgan fingerprint density at radius 2 is 1.94 bits per heavy atom. The molecule has 16 heavy (non-hydrogen) atoms. The molecule has 0 saturated carbocycles. The van der Waals surface area contributed by atoms with Gasteiger partial charge in [-0.25, -0.2) is 0 Å². The normalized spacial score (nSPS) is 10.2. The van der Waals surface area contributed by atoms with Gasteiger partial charge < -0.3 is 10.1 Å². The molecule has 0 radical (unpaired) electrons. The molecule has 3 heteroatoms. The van der Waals surface area contributed by atoms with Gasteiger partial charge in [-0.2, -0.15) is 0 Å². The average molecular weight is 284 g/mol. The highest BCUT2D eigenvalue weighted by atomic mass is 79.9. The van der Waals surface area contributed by atoms with Crippen molar-refractivity contribution in [2.75, 3.05) is 20.2 Å². The second kappa shape index (κ2) is 6.06. The molecule has 1 aromatic rings. The van der Waals surface area contributed by atoms with Crippen LogP contribution in [0.1, 0.15) is 11.1 Å². The maximum Gasteiger partial charge on any atom is 0.120 e. The third-order valence-corrected chi connectivity index (χ3v) is 3.53. The van der Waals surface area contributed by atoms with Crippen molar-refractivity contribution >= 4 is 15.9 Å². The number of likely N-dealkylation sites (N-methyl/N-ethyl adjacent to an activating group) is 1. The van der Waals surface area contributed by atoms with Gasteiger partial charge in [0.1, 0.15) is 12.4 Å². The molecule has 0 aliphatic carbocycles. The van der Waals surface area contributed by atoms with Crippen molar-refractivity contribution in [1.82, 2.24) is 5.32 Å². The maximum absolute atomic E-state index is 5.68. The average Bonchev–Trinajstić information content (AvgIpc) is 2.23. The zero-order valence-electron chi connectivity index (χ0n) is 10.1. The highest BCUT2D eigenvalue weighted by Crippen LogP contribution is 2.26. The quantitative estimate of drug-likeness (QED) is 0.838. The zero-order chi connectivity index (χ0) is 12.1. The van der Waals surface area contributed by atoms with Gasteiger partial charge in [-0.1, -0.05) is 22.5 Å². The number of ether oxygens (including phenoxy) is 1. The Labute approximate surface area is 106 Å². The highest BCUT2D eigenvalue weighted by Gasteiger charge is 2.03. The molecule has 0 aliphatic heterocycles. The smallest absolute Gasteiger partial charge is 0.120 e. The first kappa shape index (κ1) is 13.3. The van der Waals surface area contributed by atoms with Crippen molar-refractivity contribution in [3.63, 3.8) is 0 Å². The fourth-order valence-electron chi connectivity index (χ4n) is 1.48. The standard InChI is InChI=1S/C13H18BrNO/c1-9(7-15-4)8-16-12-5-10(2)13(14)11(3)6-12/h5-6,15H,1,7-8H2,2-4H3. The first-order valence-electron chi connectivity index (χ1n) is 5.25. The summed E-state index contributed by atoms with van der Waals surface area (Å²) in [6, 6.07) is 4.06. The van der Waals surface area contributed by atoms with Gasteiger partial charge in [-0.05, 0) is 49.7 Å². The summed E-state index contributed by atoms with van der Waals surface area (Å²) in [4.78, 5) is 0. The largest absolute Gasteiger partial charge is 0.489 e. The molecule has 0 atom stereocenters. The molecule has 1 rings (SSSR count). The second-order valence-electron chi connectivity index (χ2n) is 3.94. The zero-order valence-corrected chi connectivity index (χ0v) is 11.6. The Balaban J connectivity index is 2.65. The minimum absolute atomic E-state index is 0.557. The van der Waals surface area contributed by atoms with E-state index in [0.717, 1.165) is 22.3 Å². The van der Waals surface area contributed by atoms with Gasteiger partial charge >= 0.3 is 0 Å². The van der Waals surface area contributed by atoms with Crippen LogP contribution in [0, 0.1) is 13.8 Å². The van der Waals surface area contributed by atoms with Crippen LogP contribution in [0.4, 0.5) is 0 Å². The van der Waals surface area contributed by atoms with Gasteiger partial charge in [0.2, 0.25) is 0 Å². The Bertz CT molecular complexity index is 365. The molecule has 1 aromatic carbocycles. The summed E-state index contributed by atoms with van der Waals surface area (Å²) < 4.78 is 6.82. The molecule has 1 N–H and O–H groups in total. The van der Waals surface area contributed by atoms with Crippen molar-refractivity contribution in [3.05, 3.63) is 39.9 Å². The summed E-state index contributed by atoms with van der Waals surface area (Å²) in [5.41, 5.74) is 3.42. The van der Waals surface area contributed by atoms with Gasteiger partial charge in [-0.3, -0.25) is 0 Å². The van der Waals surface area contributed by atoms with E-state index in [1.165, 1.54) is 11.1 Å². The van der Waals surface area contributed by atoms with E-state index in [0.29, 0.717) is 6.61 Å². The predicted octanol–water partition coefficient (Wildman–Crippen LogP) is 3.22. The Morgan fingerprint density at radius 1 is 1.38 bits per heavy atom. The lowest BCUT2D eigenvalue weighted by Gasteiger charge is -2.11. The van der Waals surface area contributed by atoms with E-state index < -0.39 is 0 Å². The maximum atomic E-state index is 5.68. The number of hydrogen-bond acceptors (Lipinski definition) is 2. The van der Waals surface area contributed by atoms with E-state index in [1.54, 1.807) is 0 Å². The van der Waals surface area contributed by atoms with E-state index in [4.69, 9.17) is 4.74 Å². The van der Waals surface area contributed by atoms with Crippen LogP contribution in [0.3, 0.4) is 0 Å². The predicted molar refractivity (Wildman–Crippen MR) is 72.2 cm³/mol. The van der Waals surface area contributed by atoms with E-state index in [-0.39, 0.29) is 0 Å². The summed E-state index contributed by atoms with van der Waals surface area (Å²) in [5, 5.41) is 3.05. The van der Waals surface area contributed by atoms with Gasteiger partial charge in [0.05, 0.1) is 0 Å². The Morgan fingerprint density at radius 3 is 2.44 bits per heavy atom. The fourth-order valence-corrected chi connectivity index (χ4v) is 1.70. The molecule has 88 valence electrons. The molecule has 2 nitrogen and oxygen atoms in total. The number of halogens is 1. The summed E-state index contributed by atoms with van der Waals surface area (Å²) in [7, 11) is 1.90. The summed E-state index contributed by atoms with van der Waals surface area (Å²) in [6.45, 7) is 9.39. The first-order chi connectivity index (χ1) is 7.54. The molecule has 0 spiro atoms. The van der Waals surface area contributed by atoms with Crippen LogP contribution in [0.25, 0.3) is 0 Å². The Hall–Kier alpha value is -0.800. The lowest BCUT2D eigenvalue weighted by molar-refractivity contribution is 0.348. The third-order valence-electron chi connectivity index (χ3n) is 2.28. The molecule has 0 bridgehead atoms. The number of aryl methyl sites for hydroxylation is 2. The van der Waals surface area contributed by atoms with Crippen LogP contribution < -0.4 is 10.1 Å². The molecule has 0 aromatic heterocycles. The van der Waals surface area contributed by atoms with Crippen molar-refractivity contribution in [2.45, 2.75) is 13.8 Å². The molecule has 0 aliphatic rings. The van der Waals surface area contributed by atoms with E-state index in [2.05, 4.69) is 41.7 Å². The molecule has 0 saturated heterocycles. The first-order valence-corrected chi connectivity index (χ1v) is 6.04. The van der Waals surface area contributed by atoms with Gasteiger partial charge in [0.15, 0.2) is 0 Å². The monoisotopic (exact) mass is 283 g/mol. The molecule has 0 unspecified atom stereocenters. The number of rotatable bonds is 5. The highest BCUT2D eigenvalue weighted by molar-refractivity contribution is 9.10.